The number of likely N-dealkylation sites (tertiary alicyclic amines) is 1. The molecule has 1 aliphatic rings. The first kappa shape index (κ1) is 15.3. The van der Waals surface area contributed by atoms with Crippen molar-refractivity contribution in [2.75, 3.05) is 13.1 Å². The van der Waals surface area contributed by atoms with Gasteiger partial charge in [0.1, 0.15) is 0 Å². The summed E-state index contributed by atoms with van der Waals surface area (Å²) in [6.45, 7) is 4.26. The zero-order chi connectivity index (χ0) is 14.8. The summed E-state index contributed by atoms with van der Waals surface area (Å²) in [5.41, 5.74) is 0.294. The maximum Gasteiger partial charge on any atom is 0.416 e. The van der Waals surface area contributed by atoms with Gasteiger partial charge in [0.15, 0.2) is 0 Å². The van der Waals surface area contributed by atoms with Crippen LogP contribution >= 0.6 is 0 Å². The number of rotatable bonds is 3. The molecule has 0 saturated carbocycles. The number of nitrogens with zero attached hydrogens (tertiary/aromatic N) is 1. The monoisotopic (exact) mass is 287 g/mol. The molecule has 5 heteroatoms. The Morgan fingerprint density at radius 2 is 1.75 bits per heavy atom. The second-order valence-electron chi connectivity index (χ2n) is 5.55. The molecule has 0 radical (unpaired) electrons. The topological polar surface area (TPSA) is 23.5 Å². The van der Waals surface area contributed by atoms with E-state index in [1.165, 1.54) is 0 Å². The molecule has 0 bridgehead atoms. The predicted octanol–water partition coefficient (Wildman–Crippen LogP) is 3.30. The summed E-state index contributed by atoms with van der Waals surface area (Å²) >= 11 is 0. The Morgan fingerprint density at radius 3 is 2.20 bits per heavy atom. The number of hydrogen-bond donors (Lipinski definition) is 1. The SMILES string of the molecule is CC(O)C1CCN(Cc2ccc(C(F)(F)F)cc2)CC1. The molecule has 1 aliphatic heterocycles. The highest BCUT2D eigenvalue weighted by Crippen LogP contribution is 2.29. The second kappa shape index (κ2) is 6.14. The Hall–Kier alpha value is -1.07. The van der Waals surface area contributed by atoms with Crippen molar-refractivity contribution < 1.29 is 18.3 Å². The fourth-order valence-electron chi connectivity index (χ4n) is 2.65. The molecule has 1 aromatic carbocycles. The lowest BCUT2D eigenvalue weighted by molar-refractivity contribution is -0.137. The smallest absolute Gasteiger partial charge is 0.393 e. The van der Waals surface area contributed by atoms with Crippen LogP contribution in [-0.2, 0) is 12.7 Å². The number of aliphatic hydroxyl groups is 1. The van der Waals surface area contributed by atoms with Crippen LogP contribution in [0.2, 0.25) is 0 Å². The lowest BCUT2D eigenvalue weighted by atomic mass is 9.92. The maximum absolute atomic E-state index is 12.5. The number of piperidine rings is 1. The van der Waals surface area contributed by atoms with Gasteiger partial charge in [0.05, 0.1) is 11.7 Å². The summed E-state index contributed by atoms with van der Waals surface area (Å²) < 4.78 is 37.4. The molecule has 0 aromatic heterocycles. The molecule has 1 fully saturated rings. The lowest BCUT2D eigenvalue weighted by Crippen LogP contribution is -2.36. The van der Waals surface area contributed by atoms with Crippen molar-refractivity contribution in [3.8, 4) is 0 Å². The Labute approximate surface area is 117 Å². The lowest BCUT2D eigenvalue weighted by Gasteiger charge is -2.33. The number of halogens is 3. The minimum atomic E-state index is -4.27. The number of benzene rings is 1. The molecule has 0 aliphatic carbocycles. The van der Waals surface area contributed by atoms with Gasteiger partial charge in [-0.05, 0) is 56.5 Å². The van der Waals surface area contributed by atoms with E-state index in [-0.39, 0.29) is 6.10 Å². The first-order valence-electron chi connectivity index (χ1n) is 6.93. The van der Waals surface area contributed by atoms with E-state index in [9.17, 15) is 18.3 Å². The van der Waals surface area contributed by atoms with Crippen molar-refractivity contribution in [2.24, 2.45) is 5.92 Å². The minimum absolute atomic E-state index is 0.275. The van der Waals surface area contributed by atoms with Crippen LogP contribution in [0.3, 0.4) is 0 Å². The highest BCUT2D eigenvalue weighted by Gasteiger charge is 2.30. The maximum atomic E-state index is 12.5. The Bertz CT molecular complexity index is 420. The van der Waals surface area contributed by atoms with Gasteiger partial charge in [0.2, 0.25) is 0 Å². The number of alkyl halides is 3. The molecule has 2 rings (SSSR count). The van der Waals surface area contributed by atoms with Crippen molar-refractivity contribution in [3.05, 3.63) is 35.4 Å². The van der Waals surface area contributed by atoms with Crippen LogP contribution in [0, 0.1) is 5.92 Å². The zero-order valence-electron chi connectivity index (χ0n) is 11.5. The molecule has 1 atom stereocenters. The second-order valence-corrected chi connectivity index (χ2v) is 5.55. The van der Waals surface area contributed by atoms with E-state index in [1.807, 2.05) is 6.92 Å². The average Bonchev–Trinajstić information content (AvgIpc) is 2.39. The molecule has 1 unspecified atom stereocenters. The van der Waals surface area contributed by atoms with Crippen molar-refractivity contribution >= 4 is 0 Å². The van der Waals surface area contributed by atoms with E-state index in [0.717, 1.165) is 43.6 Å². The summed E-state index contributed by atoms with van der Waals surface area (Å²) in [6.07, 6.45) is -2.66. The molecule has 1 aromatic rings. The molecular weight excluding hydrogens is 267 g/mol. The van der Waals surface area contributed by atoms with Gasteiger partial charge in [0, 0.05) is 6.54 Å². The fraction of sp³-hybridized carbons (Fsp3) is 0.600. The Morgan fingerprint density at radius 1 is 1.20 bits per heavy atom. The van der Waals surface area contributed by atoms with Crippen molar-refractivity contribution in [2.45, 2.75) is 38.6 Å². The van der Waals surface area contributed by atoms with Crippen LogP contribution in [0.25, 0.3) is 0 Å². The van der Waals surface area contributed by atoms with Gasteiger partial charge in [-0.1, -0.05) is 12.1 Å². The van der Waals surface area contributed by atoms with Crippen LogP contribution in [-0.4, -0.2) is 29.2 Å². The molecular formula is C15H20F3NO. The van der Waals surface area contributed by atoms with E-state index in [4.69, 9.17) is 0 Å². The van der Waals surface area contributed by atoms with E-state index in [0.29, 0.717) is 12.5 Å². The van der Waals surface area contributed by atoms with Gasteiger partial charge in [0.25, 0.3) is 0 Å². The van der Waals surface area contributed by atoms with Crippen LogP contribution in [0.5, 0.6) is 0 Å². The molecule has 20 heavy (non-hydrogen) atoms. The van der Waals surface area contributed by atoms with Crippen molar-refractivity contribution in [1.82, 2.24) is 4.90 Å². The molecule has 1 N–H and O–H groups in total. The third kappa shape index (κ3) is 3.96. The van der Waals surface area contributed by atoms with E-state index in [1.54, 1.807) is 12.1 Å². The molecule has 112 valence electrons. The van der Waals surface area contributed by atoms with Crippen LogP contribution in [0.1, 0.15) is 30.9 Å². The third-order valence-electron chi connectivity index (χ3n) is 4.00. The predicted molar refractivity (Wildman–Crippen MR) is 71.1 cm³/mol. The van der Waals surface area contributed by atoms with E-state index >= 15 is 0 Å². The standard InChI is InChI=1S/C15H20F3NO/c1-11(20)13-6-8-19(9-7-13)10-12-2-4-14(5-3-12)15(16,17)18/h2-5,11,13,20H,6-10H2,1H3. The third-order valence-corrected chi connectivity index (χ3v) is 4.00. The van der Waals surface area contributed by atoms with Crippen molar-refractivity contribution in [1.29, 1.82) is 0 Å². The summed E-state index contributed by atoms with van der Waals surface area (Å²) in [5.74, 6) is 0.346. The van der Waals surface area contributed by atoms with E-state index in [2.05, 4.69) is 4.90 Å². The quantitative estimate of drug-likeness (QED) is 0.922. The summed E-state index contributed by atoms with van der Waals surface area (Å²) in [7, 11) is 0. The summed E-state index contributed by atoms with van der Waals surface area (Å²) in [4.78, 5) is 2.22. The first-order chi connectivity index (χ1) is 9.36. The number of hydrogen-bond acceptors (Lipinski definition) is 2. The highest BCUT2D eigenvalue weighted by atomic mass is 19.4. The fourth-order valence-corrected chi connectivity index (χ4v) is 2.65. The van der Waals surface area contributed by atoms with Gasteiger partial charge < -0.3 is 5.11 Å². The summed E-state index contributed by atoms with van der Waals surface area (Å²) in [5, 5.41) is 9.53. The van der Waals surface area contributed by atoms with Gasteiger partial charge in [-0.25, -0.2) is 0 Å². The highest BCUT2D eigenvalue weighted by molar-refractivity contribution is 5.24. The van der Waals surface area contributed by atoms with Crippen LogP contribution in [0.15, 0.2) is 24.3 Å². The average molecular weight is 287 g/mol. The minimum Gasteiger partial charge on any atom is -0.393 e. The Balaban J connectivity index is 1.89. The largest absolute Gasteiger partial charge is 0.416 e. The molecule has 0 spiro atoms. The van der Waals surface area contributed by atoms with Gasteiger partial charge in [-0.3, -0.25) is 4.90 Å². The normalized spacial score (nSPS) is 20.1. The molecule has 0 amide bonds. The first-order valence-corrected chi connectivity index (χ1v) is 6.93. The van der Waals surface area contributed by atoms with Gasteiger partial charge in [-0.15, -0.1) is 0 Å². The zero-order valence-corrected chi connectivity index (χ0v) is 11.5. The Kier molecular flexibility index (Phi) is 4.70. The number of aliphatic hydroxyl groups excluding tert-OH is 1. The molecule has 2 nitrogen and oxygen atoms in total. The van der Waals surface area contributed by atoms with Gasteiger partial charge in [-0.2, -0.15) is 13.2 Å². The van der Waals surface area contributed by atoms with Crippen LogP contribution in [0.4, 0.5) is 13.2 Å². The van der Waals surface area contributed by atoms with Crippen molar-refractivity contribution in [3.63, 3.8) is 0 Å². The van der Waals surface area contributed by atoms with E-state index < -0.39 is 11.7 Å². The van der Waals surface area contributed by atoms with Crippen LogP contribution < -0.4 is 0 Å². The summed E-state index contributed by atoms with van der Waals surface area (Å²) in [6, 6.07) is 5.36. The molecule has 1 saturated heterocycles. The van der Waals surface area contributed by atoms with Gasteiger partial charge >= 0.3 is 6.18 Å². The molecule has 1 heterocycles.